The normalized spacial score (nSPS) is 11.4. The van der Waals surface area contributed by atoms with E-state index in [0.29, 0.717) is 0 Å². The van der Waals surface area contributed by atoms with Crippen LogP contribution in [0.1, 0.15) is 0 Å². The van der Waals surface area contributed by atoms with Gasteiger partial charge in [0.2, 0.25) is 0 Å². The Balaban J connectivity index is 2.54. The van der Waals surface area contributed by atoms with Gasteiger partial charge in [0.1, 0.15) is 0 Å². The van der Waals surface area contributed by atoms with E-state index in [1.807, 2.05) is 6.07 Å². The number of hydrogen-bond donors (Lipinski definition) is 1. The average Bonchev–Trinajstić information content (AvgIpc) is 2.63. The number of nitrogens with two attached hydrogens (primary N) is 1. The van der Waals surface area contributed by atoms with E-state index in [0.717, 1.165) is 5.00 Å². The zero-order valence-corrected chi connectivity index (χ0v) is 8.41. The first-order valence-electron chi connectivity index (χ1n) is 3.99. The molecule has 0 fully saturated rings. The summed E-state index contributed by atoms with van der Waals surface area (Å²) >= 11 is 3.43. The maximum Gasteiger partial charge on any atom is 0.0868 e. The molecule has 2 heterocycles. The van der Waals surface area contributed by atoms with Gasteiger partial charge in [0.25, 0.3) is 0 Å². The molecule has 0 saturated carbocycles. The lowest BCUT2D eigenvalue weighted by Crippen LogP contribution is -1.72. The molecule has 13 heavy (non-hydrogen) atoms. The van der Waals surface area contributed by atoms with Crippen molar-refractivity contribution in [3.8, 4) is 0 Å². The van der Waals surface area contributed by atoms with E-state index >= 15 is 0 Å². The smallest absolute Gasteiger partial charge is 0.0868 e. The third-order valence-corrected chi connectivity index (χ3v) is 3.92. The molecule has 0 atom stereocenters. The average molecular weight is 205 g/mol. The minimum atomic E-state index is 0.896. The fourth-order valence-corrected chi connectivity index (χ4v) is 3.26. The van der Waals surface area contributed by atoms with Crippen molar-refractivity contribution in [2.75, 3.05) is 5.73 Å². The van der Waals surface area contributed by atoms with Crippen molar-refractivity contribution in [1.29, 1.82) is 0 Å². The summed E-state index contributed by atoms with van der Waals surface area (Å²) in [6, 6.07) is 8.61. The van der Waals surface area contributed by atoms with Crippen LogP contribution in [0, 0.1) is 0 Å². The first-order chi connectivity index (χ1) is 6.33. The fourth-order valence-electron chi connectivity index (χ4n) is 1.52. The van der Waals surface area contributed by atoms with Crippen LogP contribution < -0.4 is 5.73 Å². The monoisotopic (exact) mass is 205 g/mol. The first kappa shape index (κ1) is 7.35. The second-order valence-electron chi connectivity index (χ2n) is 3.00. The Morgan fingerprint density at radius 3 is 2.85 bits per heavy atom. The topological polar surface area (TPSA) is 26.0 Å². The van der Waals surface area contributed by atoms with Crippen LogP contribution in [-0.4, -0.2) is 0 Å². The number of rotatable bonds is 0. The van der Waals surface area contributed by atoms with Gasteiger partial charge in [-0.1, -0.05) is 0 Å². The van der Waals surface area contributed by atoms with Gasteiger partial charge in [-0.3, -0.25) is 0 Å². The summed E-state index contributed by atoms with van der Waals surface area (Å²) in [6.07, 6.45) is 0. The number of thiophene rings is 2. The molecule has 0 aliphatic carbocycles. The summed E-state index contributed by atoms with van der Waals surface area (Å²) in [5.74, 6) is 0. The van der Waals surface area contributed by atoms with Crippen molar-refractivity contribution in [3.05, 3.63) is 29.6 Å². The van der Waals surface area contributed by atoms with Crippen molar-refractivity contribution >= 4 is 47.8 Å². The molecule has 3 heteroatoms. The Labute approximate surface area is 83.4 Å². The number of nitrogen functional groups attached to an aromatic ring is 1. The molecule has 0 aliphatic heterocycles. The van der Waals surface area contributed by atoms with E-state index in [4.69, 9.17) is 5.73 Å². The first-order valence-corrected chi connectivity index (χ1v) is 5.69. The molecule has 1 nitrogen and oxygen atoms in total. The summed E-state index contributed by atoms with van der Waals surface area (Å²) < 4.78 is 2.63. The van der Waals surface area contributed by atoms with Crippen molar-refractivity contribution in [1.82, 2.24) is 0 Å². The quantitative estimate of drug-likeness (QED) is 0.595. The van der Waals surface area contributed by atoms with Crippen molar-refractivity contribution < 1.29 is 0 Å². The molecule has 2 N–H and O–H groups in total. The summed E-state index contributed by atoms with van der Waals surface area (Å²) in [4.78, 5) is 0. The SMILES string of the molecule is Nc1cc2cc3ccsc3cc2s1. The van der Waals surface area contributed by atoms with Crippen molar-refractivity contribution in [2.45, 2.75) is 0 Å². The molecular weight excluding hydrogens is 198 g/mol. The van der Waals surface area contributed by atoms with Gasteiger partial charge in [0, 0.05) is 9.40 Å². The molecule has 3 rings (SSSR count). The molecule has 0 unspecified atom stereocenters. The number of benzene rings is 1. The zero-order chi connectivity index (χ0) is 8.84. The van der Waals surface area contributed by atoms with Crippen molar-refractivity contribution in [2.24, 2.45) is 0 Å². The minimum Gasteiger partial charge on any atom is -0.391 e. The van der Waals surface area contributed by atoms with Gasteiger partial charge in [-0.05, 0) is 40.4 Å². The van der Waals surface area contributed by atoms with Gasteiger partial charge in [-0.25, -0.2) is 0 Å². The number of hydrogen-bond acceptors (Lipinski definition) is 3. The summed E-state index contributed by atoms with van der Waals surface area (Å²) in [6.45, 7) is 0. The third-order valence-electron chi connectivity index (χ3n) is 2.11. The number of fused-ring (bicyclic) bond motifs is 2. The lowest BCUT2D eigenvalue weighted by Gasteiger charge is -1.89. The van der Waals surface area contributed by atoms with Gasteiger partial charge in [-0.15, -0.1) is 22.7 Å². The summed E-state index contributed by atoms with van der Waals surface area (Å²) in [5.41, 5.74) is 5.74. The number of anilines is 1. The molecule has 1 aromatic carbocycles. The molecule has 0 spiro atoms. The van der Waals surface area contributed by atoms with E-state index in [9.17, 15) is 0 Å². The van der Waals surface area contributed by atoms with Crippen LogP contribution in [-0.2, 0) is 0 Å². The highest BCUT2D eigenvalue weighted by molar-refractivity contribution is 7.23. The Morgan fingerprint density at radius 2 is 1.92 bits per heavy atom. The molecule has 64 valence electrons. The summed E-state index contributed by atoms with van der Waals surface area (Å²) in [7, 11) is 0. The Morgan fingerprint density at radius 1 is 1.00 bits per heavy atom. The van der Waals surface area contributed by atoms with Crippen LogP contribution in [0.25, 0.3) is 20.2 Å². The molecule has 0 aliphatic rings. The fraction of sp³-hybridized carbons (Fsp3) is 0. The predicted octanol–water partition coefficient (Wildman–Crippen LogP) is 3.70. The lowest BCUT2D eigenvalue weighted by molar-refractivity contribution is 1.97. The van der Waals surface area contributed by atoms with Crippen LogP contribution in [0.3, 0.4) is 0 Å². The molecule has 0 amide bonds. The van der Waals surface area contributed by atoms with E-state index in [-0.39, 0.29) is 0 Å². The largest absolute Gasteiger partial charge is 0.391 e. The van der Waals surface area contributed by atoms with Crippen LogP contribution in [0.15, 0.2) is 29.6 Å². The molecule has 0 radical (unpaired) electrons. The molecule has 0 bridgehead atoms. The van der Waals surface area contributed by atoms with E-state index in [1.54, 1.807) is 22.7 Å². The maximum atomic E-state index is 5.74. The van der Waals surface area contributed by atoms with Gasteiger partial charge >= 0.3 is 0 Å². The van der Waals surface area contributed by atoms with Gasteiger partial charge in [-0.2, -0.15) is 0 Å². The van der Waals surface area contributed by atoms with E-state index < -0.39 is 0 Å². The minimum absolute atomic E-state index is 0.896. The molecule has 3 aromatic rings. The highest BCUT2D eigenvalue weighted by atomic mass is 32.1. The standard InChI is InChI=1S/C10H7NS2/c11-10-4-7-3-6-1-2-12-8(6)5-9(7)13-10/h1-5H,11H2. The molecular formula is C10H7NS2. The third kappa shape index (κ3) is 1.04. The van der Waals surface area contributed by atoms with E-state index in [1.165, 1.54) is 20.2 Å². The molecule has 2 aromatic heterocycles. The lowest BCUT2D eigenvalue weighted by atomic mass is 10.2. The highest BCUT2D eigenvalue weighted by Crippen LogP contribution is 2.33. The van der Waals surface area contributed by atoms with Crippen LogP contribution >= 0.6 is 22.7 Å². The Hall–Kier alpha value is -1.06. The Kier molecular flexibility index (Phi) is 1.39. The van der Waals surface area contributed by atoms with Gasteiger partial charge < -0.3 is 5.73 Å². The predicted molar refractivity (Wildman–Crippen MR) is 61.6 cm³/mol. The highest BCUT2D eigenvalue weighted by Gasteiger charge is 2.01. The van der Waals surface area contributed by atoms with Gasteiger partial charge in [0.05, 0.1) is 5.00 Å². The maximum absolute atomic E-state index is 5.74. The van der Waals surface area contributed by atoms with Crippen LogP contribution in [0.5, 0.6) is 0 Å². The molecule has 0 saturated heterocycles. The second-order valence-corrected chi connectivity index (χ2v) is 5.06. The second kappa shape index (κ2) is 2.47. The van der Waals surface area contributed by atoms with Crippen LogP contribution in [0.2, 0.25) is 0 Å². The zero-order valence-electron chi connectivity index (χ0n) is 6.78. The van der Waals surface area contributed by atoms with Crippen LogP contribution in [0.4, 0.5) is 5.00 Å². The van der Waals surface area contributed by atoms with E-state index in [2.05, 4.69) is 23.6 Å². The van der Waals surface area contributed by atoms with Crippen molar-refractivity contribution in [3.63, 3.8) is 0 Å². The Bertz CT molecular complexity index is 529. The summed E-state index contributed by atoms with van der Waals surface area (Å²) in [5, 5.41) is 5.59. The van der Waals surface area contributed by atoms with Gasteiger partial charge in [0.15, 0.2) is 0 Å².